The molecule has 0 radical (unpaired) electrons. The van der Waals surface area contributed by atoms with E-state index in [-0.39, 0.29) is 37.6 Å². The fourth-order valence-corrected chi connectivity index (χ4v) is 3.31. The number of carbonyl (C=O) groups is 1. The summed E-state index contributed by atoms with van der Waals surface area (Å²) in [7, 11) is 0. The minimum atomic E-state index is -0.876. The van der Waals surface area contributed by atoms with Crippen molar-refractivity contribution in [3.8, 4) is 5.88 Å². The van der Waals surface area contributed by atoms with Crippen molar-refractivity contribution in [2.45, 2.75) is 6.92 Å². The fraction of sp³-hybridized carbons (Fsp3) is 0.0667. The zero-order chi connectivity index (χ0) is 19.2. The Labute approximate surface area is 160 Å². The van der Waals surface area contributed by atoms with Gasteiger partial charge in [0.05, 0.1) is 21.3 Å². The molecule has 0 saturated heterocycles. The van der Waals surface area contributed by atoms with Gasteiger partial charge in [0.1, 0.15) is 11.3 Å². The summed E-state index contributed by atoms with van der Waals surface area (Å²) < 4.78 is 0. The highest BCUT2D eigenvalue weighted by Crippen LogP contribution is 2.39. The van der Waals surface area contributed by atoms with Crippen LogP contribution in [0.3, 0.4) is 0 Å². The standard InChI is InChI=1S/C15H9Cl3N4O4/c1-5-7(4-8-12(23)19-15(26)20-13(8)24)14(25)22(21-5)11-9(17)2-6(16)3-10(11)18/h2-4H,1H3,(H3,19,20,23,24,26)/b7-4-. The van der Waals surface area contributed by atoms with Crippen LogP contribution in [0.25, 0.3) is 6.08 Å². The molecular weight excluding hydrogens is 407 g/mol. The minimum Gasteiger partial charge on any atom is -0.494 e. The van der Waals surface area contributed by atoms with Crippen molar-refractivity contribution in [2.24, 2.45) is 5.10 Å². The SMILES string of the molecule is CC1=NN(c2c(Cl)cc(Cl)cc2Cl)C(=O)/C1=C\c1c(O)[nH]c(=O)[nH]c1=O. The van der Waals surface area contributed by atoms with Gasteiger partial charge in [0.25, 0.3) is 11.5 Å². The number of hydrogen-bond acceptors (Lipinski definition) is 5. The van der Waals surface area contributed by atoms with Crippen LogP contribution in [0.1, 0.15) is 12.5 Å². The Morgan fingerprint density at radius 2 is 1.73 bits per heavy atom. The van der Waals surface area contributed by atoms with Crippen LogP contribution in [0, 0.1) is 0 Å². The van der Waals surface area contributed by atoms with Gasteiger partial charge in [0.2, 0.25) is 5.88 Å². The fourth-order valence-electron chi connectivity index (χ4n) is 2.34. The van der Waals surface area contributed by atoms with Crippen molar-refractivity contribution in [2.75, 3.05) is 5.01 Å². The van der Waals surface area contributed by atoms with Crippen molar-refractivity contribution in [3.63, 3.8) is 0 Å². The number of aromatic amines is 2. The lowest BCUT2D eigenvalue weighted by Gasteiger charge is -2.15. The van der Waals surface area contributed by atoms with Crippen LogP contribution in [0.2, 0.25) is 15.1 Å². The molecule has 8 nitrogen and oxygen atoms in total. The zero-order valence-corrected chi connectivity index (χ0v) is 15.2. The number of halogens is 3. The Morgan fingerprint density at radius 1 is 1.12 bits per heavy atom. The summed E-state index contributed by atoms with van der Waals surface area (Å²) in [6.07, 6.45) is 1.11. The van der Waals surface area contributed by atoms with E-state index in [1.54, 1.807) is 0 Å². The molecule has 0 saturated carbocycles. The molecule has 3 rings (SSSR count). The predicted octanol–water partition coefficient (Wildman–Crippen LogP) is 2.54. The highest BCUT2D eigenvalue weighted by atomic mass is 35.5. The molecule has 1 amide bonds. The van der Waals surface area contributed by atoms with E-state index < -0.39 is 23.0 Å². The molecule has 1 aliphatic rings. The molecule has 0 unspecified atom stereocenters. The van der Waals surface area contributed by atoms with Gasteiger partial charge in [-0.25, -0.2) is 4.79 Å². The summed E-state index contributed by atoms with van der Waals surface area (Å²) >= 11 is 18.1. The van der Waals surface area contributed by atoms with Gasteiger partial charge in [0.15, 0.2) is 0 Å². The number of aromatic nitrogens is 2. The molecule has 2 aromatic rings. The number of hydrazone groups is 1. The second kappa shape index (κ2) is 6.64. The first-order valence-corrected chi connectivity index (χ1v) is 8.14. The van der Waals surface area contributed by atoms with Crippen molar-refractivity contribution in [1.29, 1.82) is 0 Å². The number of aromatic hydroxyl groups is 1. The van der Waals surface area contributed by atoms with Crippen LogP contribution in [-0.2, 0) is 4.79 Å². The number of H-pyrrole nitrogens is 2. The van der Waals surface area contributed by atoms with E-state index in [1.165, 1.54) is 19.1 Å². The van der Waals surface area contributed by atoms with Gasteiger partial charge in [-0.3, -0.25) is 19.6 Å². The predicted molar refractivity (Wildman–Crippen MR) is 99.4 cm³/mol. The third kappa shape index (κ3) is 3.14. The molecule has 2 heterocycles. The second-order valence-electron chi connectivity index (χ2n) is 5.25. The summed E-state index contributed by atoms with van der Waals surface area (Å²) in [4.78, 5) is 39.7. The van der Waals surface area contributed by atoms with Crippen LogP contribution in [-0.4, -0.2) is 26.7 Å². The molecule has 0 atom stereocenters. The lowest BCUT2D eigenvalue weighted by molar-refractivity contribution is -0.114. The lowest BCUT2D eigenvalue weighted by atomic mass is 10.1. The van der Waals surface area contributed by atoms with Crippen LogP contribution in [0.15, 0.2) is 32.4 Å². The van der Waals surface area contributed by atoms with Gasteiger partial charge in [-0.05, 0) is 25.1 Å². The van der Waals surface area contributed by atoms with Gasteiger partial charge in [-0.15, -0.1) is 0 Å². The average Bonchev–Trinajstić information content (AvgIpc) is 2.77. The summed E-state index contributed by atoms with van der Waals surface area (Å²) in [5.41, 5.74) is -1.63. The highest BCUT2D eigenvalue weighted by Gasteiger charge is 2.32. The second-order valence-corrected chi connectivity index (χ2v) is 6.50. The van der Waals surface area contributed by atoms with Crippen molar-refractivity contribution in [1.82, 2.24) is 9.97 Å². The molecule has 1 aromatic carbocycles. The number of hydrogen-bond donors (Lipinski definition) is 3. The van der Waals surface area contributed by atoms with Gasteiger partial charge >= 0.3 is 5.69 Å². The maximum atomic E-state index is 12.7. The first kappa shape index (κ1) is 18.2. The quantitative estimate of drug-likeness (QED) is 0.653. The average molecular weight is 416 g/mol. The zero-order valence-electron chi connectivity index (χ0n) is 12.9. The van der Waals surface area contributed by atoms with Gasteiger partial charge in [0, 0.05) is 5.02 Å². The molecule has 3 N–H and O–H groups in total. The van der Waals surface area contributed by atoms with Gasteiger partial charge < -0.3 is 5.11 Å². The molecule has 26 heavy (non-hydrogen) atoms. The number of anilines is 1. The third-order valence-electron chi connectivity index (χ3n) is 3.50. The number of rotatable bonds is 2. The largest absolute Gasteiger partial charge is 0.494 e. The van der Waals surface area contributed by atoms with Crippen LogP contribution < -0.4 is 16.3 Å². The number of nitrogens with one attached hydrogen (secondary N) is 2. The summed E-state index contributed by atoms with van der Waals surface area (Å²) in [6.45, 7) is 1.53. The number of nitrogens with zero attached hydrogens (tertiary/aromatic N) is 2. The van der Waals surface area contributed by atoms with E-state index in [1.807, 2.05) is 9.97 Å². The molecule has 0 bridgehead atoms. The first-order chi connectivity index (χ1) is 12.2. The van der Waals surface area contributed by atoms with E-state index in [0.717, 1.165) is 11.1 Å². The molecule has 11 heteroatoms. The van der Waals surface area contributed by atoms with Crippen molar-refractivity contribution in [3.05, 3.63) is 59.2 Å². The Balaban J connectivity index is 2.11. The van der Waals surface area contributed by atoms with Crippen molar-refractivity contribution < 1.29 is 9.90 Å². The third-order valence-corrected chi connectivity index (χ3v) is 4.30. The minimum absolute atomic E-state index is 0.0138. The maximum absolute atomic E-state index is 12.7. The number of benzene rings is 1. The van der Waals surface area contributed by atoms with E-state index in [4.69, 9.17) is 34.8 Å². The monoisotopic (exact) mass is 414 g/mol. The molecule has 1 aliphatic heterocycles. The molecule has 0 aliphatic carbocycles. The van der Waals surface area contributed by atoms with E-state index in [0.29, 0.717) is 0 Å². The summed E-state index contributed by atoms with van der Waals surface area (Å²) in [5.74, 6) is -1.30. The summed E-state index contributed by atoms with van der Waals surface area (Å²) in [6, 6.07) is 2.81. The lowest BCUT2D eigenvalue weighted by Crippen LogP contribution is -2.25. The number of carbonyl (C=O) groups excluding carboxylic acids is 1. The van der Waals surface area contributed by atoms with E-state index in [2.05, 4.69) is 5.10 Å². The molecule has 1 aromatic heterocycles. The van der Waals surface area contributed by atoms with Crippen molar-refractivity contribution >= 4 is 58.2 Å². The van der Waals surface area contributed by atoms with E-state index in [9.17, 15) is 19.5 Å². The molecule has 134 valence electrons. The highest BCUT2D eigenvalue weighted by molar-refractivity contribution is 6.44. The van der Waals surface area contributed by atoms with Crippen LogP contribution in [0.4, 0.5) is 5.69 Å². The van der Waals surface area contributed by atoms with Crippen LogP contribution in [0.5, 0.6) is 5.88 Å². The van der Waals surface area contributed by atoms with Gasteiger partial charge in [-0.1, -0.05) is 34.8 Å². The topological polar surface area (TPSA) is 119 Å². The smallest absolute Gasteiger partial charge is 0.328 e. The Kier molecular flexibility index (Phi) is 4.66. The molecule has 0 fully saturated rings. The maximum Gasteiger partial charge on any atom is 0.328 e. The normalized spacial score (nSPS) is 15.7. The Hall–Kier alpha value is -2.55. The Bertz CT molecular complexity index is 1090. The number of amides is 1. The molecular formula is C15H9Cl3N4O4. The summed E-state index contributed by atoms with van der Waals surface area (Å²) in [5, 5.41) is 15.3. The first-order valence-electron chi connectivity index (χ1n) is 7.01. The molecule has 0 spiro atoms. The van der Waals surface area contributed by atoms with Gasteiger partial charge in [-0.2, -0.15) is 10.1 Å². The van der Waals surface area contributed by atoms with E-state index >= 15 is 0 Å². The van der Waals surface area contributed by atoms with Crippen LogP contribution >= 0.6 is 34.8 Å². The Morgan fingerprint density at radius 3 is 2.31 bits per heavy atom.